The van der Waals surface area contributed by atoms with Crippen molar-refractivity contribution in [1.82, 2.24) is 4.98 Å². The standard InChI is InChI=1S/C27H24ClN3O3/c28-19-8-6-7-18(17-19)25(32)23-24(22-9-2-3-14-29-22)31(27(34)26(23)33)21-12-10-20(11-13-21)30-15-4-1-5-16-30/h2-3,6-14,17,24,32H,1,4-5,15-16H2/b25-23+. The number of nitrogens with zero attached hydrogens (tertiary/aromatic N) is 3. The predicted molar refractivity (Wildman–Crippen MR) is 133 cm³/mol. The minimum atomic E-state index is -0.860. The van der Waals surface area contributed by atoms with Gasteiger partial charge < -0.3 is 10.0 Å². The summed E-state index contributed by atoms with van der Waals surface area (Å²) in [7, 11) is 0. The van der Waals surface area contributed by atoms with Crippen LogP contribution in [0.15, 0.2) is 78.5 Å². The second-order valence-corrected chi connectivity index (χ2v) is 8.93. The fourth-order valence-electron chi connectivity index (χ4n) is 4.68. The average Bonchev–Trinajstić information content (AvgIpc) is 3.15. The number of aliphatic hydroxyl groups excluding tert-OH is 1. The van der Waals surface area contributed by atoms with Gasteiger partial charge in [-0.15, -0.1) is 0 Å². The number of carbonyl (C=O) groups excluding carboxylic acids is 2. The molecule has 34 heavy (non-hydrogen) atoms. The van der Waals surface area contributed by atoms with Gasteiger partial charge in [-0.25, -0.2) is 0 Å². The van der Waals surface area contributed by atoms with Gasteiger partial charge in [0.25, 0.3) is 11.7 Å². The molecule has 5 rings (SSSR count). The summed E-state index contributed by atoms with van der Waals surface area (Å²) in [6, 6.07) is 18.7. The minimum absolute atomic E-state index is 0.00827. The molecular weight excluding hydrogens is 450 g/mol. The smallest absolute Gasteiger partial charge is 0.300 e. The van der Waals surface area contributed by atoms with E-state index in [4.69, 9.17) is 11.6 Å². The van der Waals surface area contributed by atoms with Crippen molar-refractivity contribution < 1.29 is 14.7 Å². The van der Waals surface area contributed by atoms with Crippen LogP contribution in [0, 0.1) is 0 Å². The van der Waals surface area contributed by atoms with Crippen molar-refractivity contribution >= 4 is 40.4 Å². The maximum absolute atomic E-state index is 13.3. The van der Waals surface area contributed by atoms with Gasteiger partial charge in [0.2, 0.25) is 0 Å². The molecular formula is C27H24ClN3O3. The molecule has 2 fully saturated rings. The van der Waals surface area contributed by atoms with Crippen molar-refractivity contribution in [2.75, 3.05) is 22.9 Å². The number of aliphatic hydroxyl groups is 1. The van der Waals surface area contributed by atoms with Crippen molar-refractivity contribution in [3.63, 3.8) is 0 Å². The molecule has 2 aliphatic rings. The number of benzene rings is 2. The Bertz CT molecular complexity index is 1250. The van der Waals surface area contributed by atoms with Crippen LogP contribution in [0.4, 0.5) is 11.4 Å². The lowest BCUT2D eigenvalue weighted by Gasteiger charge is -2.30. The number of aromatic nitrogens is 1. The fourth-order valence-corrected chi connectivity index (χ4v) is 4.87. The van der Waals surface area contributed by atoms with Gasteiger partial charge in [-0.05, 0) is 67.8 Å². The van der Waals surface area contributed by atoms with Crippen LogP contribution in [-0.2, 0) is 9.59 Å². The van der Waals surface area contributed by atoms with E-state index in [9.17, 15) is 14.7 Å². The number of carbonyl (C=O) groups is 2. The first-order chi connectivity index (χ1) is 16.5. The minimum Gasteiger partial charge on any atom is -0.507 e. The molecule has 1 amide bonds. The van der Waals surface area contributed by atoms with Gasteiger partial charge in [0.15, 0.2) is 0 Å². The molecule has 6 nitrogen and oxygen atoms in total. The Morgan fingerprint density at radius 2 is 1.65 bits per heavy atom. The molecule has 0 bridgehead atoms. The first-order valence-corrected chi connectivity index (χ1v) is 11.8. The van der Waals surface area contributed by atoms with Crippen LogP contribution in [0.25, 0.3) is 5.76 Å². The highest BCUT2D eigenvalue weighted by molar-refractivity contribution is 6.51. The number of Topliss-reactive ketones (excluding diaryl/α,β-unsaturated/α-hetero) is 1. The topological polar surface area (TPSA) is 73.7 Å². The van der Waals surface area contributed by atoms with Crippen molar-refractivity contribution in [1.29, 1.82) is 0 Å². The summed E-state index contributed by atoms with van der Waals surface area (Å²) in [6.07, 6.45) is 5.18. The Kier molecular flexibility index (Phi) is 6.07. The van der Waals surface area contributed by atoms with E-state index >= 15 is 0 Å². The first kappa shape index (κ1) is 22.2. The first-order valence-electron chi connectivity index (χ1n) is 11.4. The Morgan fingerprint density at radius 3 is 2.32 bits per heavy atom. The highest BCUT2D eigenvalue weighted by Crippen LogP contribution is 2.42. The molecule has 1 aromatic heterocycles. The zero-order chi connectivity index (χ0) is 23.7. The molecule has 1 N–H and O–H groups in total. The van der Waals surface area contributed by atoms with Gasteiger partial charge >= 0.3 is 0 Å². The van der Waals surface area contributed by atoms with E-state index in [1.165, 1.54) is 24.2 Å². The van der Waals surface area contributed by atoms with Gasteiger partial charge in [-0.1, -0.05) is 29.8 Å². The van der Waals surface area contributed by atoms with Crippen molar-refractivity contribution in [3.8, 4) is 0 Å². The molecule has 3 aromatic rings. The highest BCUT2D eigenvalue weighted by atomic mass is 35.5. The van der Waals surface area contributed by atoms with Gasteiger partial charge in [0.05, 0.1) is 11.3 Å². The summed E-state index contributed by atoms with van der Waals surface area (Å²) in [6.45, 7) is 2.02. The van der Waals surface area contributed by atoms with Gasteiger partial charge in [0, 0.05) is 41.2 Å². The van der Waals surface area contributed by atoms with Crippen molar-refractivity contribution in [3.05, 3.63) is 94.8 Å². The van der Waals surface area contributed by atoms with Crippen molar-refractivity contribution in [2.24, 2.45) is 0 Å². The molecule has 1 atom stereocenters. The molecule has 2 aromatic carbocycles. The molecule has 2 aliphatic heterocycles. The van der Waals surface area contributed by atoms with E-state index < -0.39 is 17.7 Å². The predicted octanol–water partition coefficient (Wildman–Crippen LogP) is 5.35. The summed E-state index contributed by atoms with van der Waals surface area (Å²) in [5.74, 6) is -1.73. The maximum atomic E-state index is 13.3. The number of pyridine rings is 1. The molecule has 0 saturated carbocycles. The molecule has 0 radical (unpaired) electrons. The third-order valence-electron chi connectivity index (χ3n) is 6.36. The van der Waals surface area contributed by atoms with Gasteiger partial charge in [-0.2, -0.15) is 0 Å². The monoisotopic (exact) mass is 473 g/mol. The lowest BCUT2D eigenvalue weighted by Crippen LogP contribution is -2.31. The Labute approximate surface area is 203 Å². The zero-order valence-electron chi connectivity index (χ0n) is 18.5. The number of anilines is 2. The molecule has 7 heteroatoms. The Hall–Kier alpha value is -3.64. The Balaban J connectivity index is 1.60. The Morgan fingerprint density at radius 1 is 0.912 bits per heavy atom. The number of amides is 1. The van der Waals surface area contributed by atoms with Crippen molar-refractivity contribution in [2.45, 2.75) is 25.3 Å². The normalized spacial score (nSPS) is 20.1. The summed E-state index contributed by atoms with van der Waals surface area (Å²) >= 11 is 6.11. The lowest BCUT2D eigenvalue weighted by atomic mass is 9.98. The summed E-state index contributed by atoms with van der Waals surface area (Å²) < 4.78 is 0. The summed E-state index contributed by atoms with van der Waals surface area (Å²) in [4.78, 5) is 34.6. The third kappa shape index (κ3) is 4.05. The largest absolute Gasteiger partial charge is 0.507 e. The SMILES string of the molecule is O=C1C(=O)N(c2ccc(N3CCCCC3)cc2)C(c2ccccn2)/C1=C(\O)c1cccc(Cl)c1. The number of rotatable bonds is 4. The van der Waals surface area contributed by atoms with E-state index in [1.54, 1.807) is 48.7 Å². The maximum Gasteiger partial charge on any atom is 0.300 e. The van der Waals surface area contributed by atoms with E-state index in [-0.39, 0.29) is 11.3 Å². The molecule has 1 unspecified atom stereocenters. The number of hydrogen-bond donors (Lipinski definition) is 1. The van der Waals surface area contributed by atoms with E-state index in [0.29, 0.717) is 22.0 Å². The average molecular weight is 474 g/mol. The van der Waals surface area contributed by atoms with E-state index in [1.807, 2.05) is 24.3 Å². The lowest BCUT2D eigenvalue weighted by molar-refractivity contribution is -0.132. The van der Waals surface area contributed by atoms with Crippen LogP contribution in [0.2, 0.25) is 5.02 Å². The van der Waals surface area contributed by atoms with E-state index in [2.05, 4.69) is 9.88 Å². The van der Waals surface area contributed by atoms with Crippen LogP contribution >= 0.6 is 11.6 Å². The number of hydrogen-bond acceptors (Lipinski definition) is 5. The highest BCUT2D eigenvalue weighted by Gasteiger charge is 2.47. The van der Waals surface area contributed by atoms with Gasteiger partial charge in [-0.3, -0.25) is 19.5 Å². The molecule has 0 spiro atoms. The molecule has 2 saturated heterocycles. The second-order valence-electron chi connectivity index (χ2n) is 8.50. The summed E-state index contributed by atoms with van der Waals surface area (Å²) in [5, 5.41) is 11.5. The van der Waals surface area contributed by atoms with Crippen LogP contribution in [0.5, 0.6) is 0 Å². The van der Waals surface area contributed by atoms with E-state index in [0.717, 1.165) is 18.8 Å². The third-order valence-corrected chi connectivity index (χ3v) is 6.59. The van der Waals surface area contributed by atoms with Crippen LogP contribution in [0.1, 0.15) is 36.6 Å². The summed E-state index contributed by atoms with van der Waals surface area (Å²) in [5.41, 5.74) is 2.51. The second kappa shape index (κ2) is 9.31. The van der Waals surface area contributed by atoms with Crippen LogP contribution in [0.3, 0.4) is 0 Å². The molecule has 172 valence electrons. The molecule has 3 heterocycles. The van der Waals surface area contributed by atoms with Gasteiger partial charge in [0.1, 0.15) is 11.8 Å². The number of piperidine rings is 1. The van der Waals surface area contributed by atoms with Crippen LogP contribution in [-0.4, -0.2) is 34.9 Å². The fraction of sp³-hybridized carbons (Fsp3) is 0.222. The molecule has 0 aliphatic carbocycles. The number of ketones is 1. The zero-order valence-corrected chi connectivity index (χ0v) is 19.3. The van der Waals surface area contributed by atoms with Crippen LogP contribution < -0.4 is 9.80 Å². The number of halogens is 1. The quantitative estimate of drug-likeness (QED) is 0.314.